The van der Waals surface area contributed by atoms with Gasteiger partial charge in [0, 0.05) is 18.8 Å². The number of likely N-dealkylation sites (tertiary alicyclic amines) is 1. The number of hydrogen-bond donors (Lipinski definition) is 1. The fraction of sp³-hybridized carbons (Fsp3) is 0.308. The molecule has 1 saturated heterocycles. The second-order valence-electron chi connectivity index (χ2n) is 4.12. The average Bonchev–Trinajstić information content (AvgIpc) is 2.86. The lowest BCUT2D eigenvalue weighted by molar-refractivity contribution is -0.146. The molecule has 94 valence electrons. The van der Waals surface area contributed by atoms with Crippen molar-refractivity contribution in [2.24, 2.45) is 0 Å². The van der Waals surface area contributed by atoms with E-state index in [2.05, 4.69) is 4.98 Å². The van der Waals surface area contributed by atoms with E-state index in [1.807, 2.05) is 6.07 Å². The predicted molar refractivity (Wildman–Crippen MR) is 65.6 cm³/mol. The van der Waals surface area contributed by atoms with E-state index in [1.165, 1.54) is 11.0 Å². The van der Waals surface area contributed by atoms with Gasteiger partial charge < -0.3 is 10.0 Å². The maximum absolute atomic E-state index is 11.9. The Hall–Kier alpha value is -2.17. The molecule has 0 aliphatic carbocycles. The molecular weight excluding hydrogens is 232 g/mol. The lowest BCUT2D eigenvalue weighted by atomic mass is 10.2. The van der Waals surface area contributed by atoms with Crippen molar-refractivity contribution in [3.05, 3.63) is 36.2 Å². The van der Waals surface area contributed by atoms with Gasteiger partial charge in [-0.2, -0.15) is 0 Å². The number of carboxylic acids is 1. The van der Waals surface area contributed by atoms with Gasteiger partial charge in [-0.1, -0.05) is 6.07 Å². The molecule has 1 aliphatic heterocycles. The predicted octanol–water partition coefficient (Wildman–Crippen LogP) is 1.17. The van der Waals surface area contributed by atoms with Crippen LogP contribution < -0.4 is 0 Å². The number of nitrogens with zero attached hydrogens (tertiary/aromatic N) is 2. The number of aromatic nitrogens is 1. The topological polar surface area (TPSA) is 70.5 Å². The second kappa shape index (κ2) is 5.44. The smallest absolute Gasteiger partial charge is 0.326 e. The first kappa shape index (κ1) is 12.3. The molecule has 1 fully saturated rings. The summed E-state index contributed by atoms with van der Waals surface area (Å²) in [6.45, 7) is 0.502. The first-order chi connectivity index (χ1) is 8.68. The third-order valence-electron chi connectivity index (χ3n) is 2.91. The molecule has 0 aromatic carbocycles. The van der Waals surface area contributed by atoms with Crippen LogP contribution >= 0.6 is 0 Å². The summed E-state index contributed by atoms with van der Waals surface area (Å²) >= 11 is 0. The standard InChI is InChI=1S/C13H14N2O3/c16-12(7-6-10-4-1-2-8-14-10)15-9-3-5-11(15)13(17)18/h1-2,4,6-8,11H,3,5,9H2,(H,17,18)/t11-/m1/s1. The number of carbonyl (C=O) groups is 2. The SMILES string of the molecule is O=C(O)[C@H]1CCCN1C(=O)C=Cc1ccccn1. The zero-order chi connectivity index (χ0) is 13.0. The molecule has 2 rings (SSSR count). The van der Waals surface area contributed by atoms with Gasteiger partial charge in [-0.25, -0.2) is 4.79 Å². The van der Waals surface area contributed by atoms with Gasteiger partial charge in [0.2, 0.25) is 5.91 Å². The van der Waals surface area contributed by atoms with Crippen molar-refractivity contribution >= 4 is 18.0 Å². The Morgan fingerprint density at radius 3 is 2.94 bits per heavy atom. The van der Waals surface area contributed by atoms with Crippen LogP contribution in [0.3, 0.4) is 0 Å². The minimum absolute atomic E-state index is 0.273. The Labute approximate surface area is 105 Å². The van der Waals surface area contributed by atoms with Crippen LogP contribution in [0.25, 0.3) is 6.08 Å². The first-order valence-corrected chi connectivity index (χ1v) is 5.81. The van der Waals surface area contributed by atoms with Crippen molar-refractivity contribution < 1.29 is 14.7 Å². The molecule has 5 nitrogen and oxygen atoms in total. The van der Waals surface area contributed by atoms with E-state index in [9.17, 15) is 9.59 Å². The maximum Gasteiger partial charge on any atom is 0.326 e. The molecule has 1 aromatic heterocycles. The van der Waals surface area contributed by atoms with Crippen LogP contribution in [0, 0.1) is 0 Å². The molecule has 1 N–H and O–H groups in total. The molecule has 0 bridgehead atoms. The molecule has 0 spiro atoms. The summed E-state index contributed by atoms with van der Waals surface area (Å²) in [6.07, 6.45) is 5.88. The van der Waals surface area contributed by atoms with Crippen LogP contribution in [0.15, 0.2) is 30.5 Å². The number of carbonyl (C=O) groups excluding carboxylic acids is 1. The van der Waals surface area contributed by atoms with E-state index in [-0.39, 0.29) is 5.91 Å². The number of carboxylic acid groups (broad SMARTS) is 1. The Morgan fingerprint density at radius 1 is 1.44 bits per heavy atom. The first-order valence-electron chi connectivity index (χ1n) is 5.81. The molecule has 18 heavy (non-hydrogen) atoms. The normalized spacial score (nSPS) is 19.3. The van der Waals surface area contributed by atoms with Crippen molar-refractivity contribution in [3.8, 4) is 0 Å². The zero-order valence-corrected chi connectivity index (χ0v) is 9.82. The van der Waals surface area contributed by atoms with Crippen molar-refractivity contribution in [3.63, 3.8) is 0 Å². The zero-order valence-electron chi connectivity index (χ0n) is 9.82. The highest BCUT2D eigenvalue weighted by Crippen LogP contribution is 2.17. The number of rotatable bonds is 3. The lowest BCUT2D eigenvalue weighted by Crippen LogP contribution is -2.39. The van der Waals surface area contributed by atoms with Crippen LogP contribution in [-0.2, 0) is 9.59 Å². The Bertz CT molecular complexity index is 470. The van der Waals surface area contributed by atoms with Gasteiger partial charge in [-0.05, 0) is 31.1 Å². The van der Waals surface area contributed by atoms with E-state index in [4.69, 9.17) is 5.11 Å². The fourth-order valence-corrected chi connectivity index (χ4v) is 2.01. The second-order valence-corrected chi connectivity index (χ2v) is 4.12. The van der Waals surface area contributed by atoms with Gasteiger partial charge in [-0.15, -0.1) is 0 Å². The van der Waals surface area contributed by atoms with Crippen LogP contribution in [0.4, 0.5) is 0 Å². The Morgan fingerprint density at radius 2 is 2.28 bits per heavy atom. The minimum Gasteiger partial charge on any atom is -0.480 e. The highest BCUT2D eigenvalue weighted by molar-refractivity contribution is 5.94. The van der Waals surface area contributed by atoms with Crippen LogP contribution in [0.2, 0.25) is 0 Å². The van der Waals surface area contributed by atoms with E-state index < -0.39 is 12.0 Å². The van der Waals surface area contributed by atoms with Crippen LogP contribution in [0.1, 0.15) is 18.5 Å². The molecule has 1 atom stereocenters. The van der Waals surface area contributed by atoms with Crippen molar-refractivity contribution in [1.29, 1.82) is 0 Å². The molecule has 0 radical (unpaired) electrons. The third-order valence-corrected chi connectivity index (χ3v) is 2.91. The van der Waals surface area contributed by atoms with E-state index in [1.54, 1.807) is 24.4 Å². The quantitative estimate of drug-likeness (QED) is 0.813. The van der Waals surface area contributed by atoms with E-state index in [0.717, 1.165) is 6.42 Å². The number of hydrogen-bond acceptors (Lipinski definition) is 3. The van der Waals surface area contributed by atoms with Gasteiger partial charge in [0.05, 0.1) is 5.69 Å². The summed E-state index contributed by atoms with van der Waals surface area (Å²) in [4.78, 5) is 28.3. The summed E-state index contributed by atoms with van der Waals surface area (Å²) in [5.41, 5.74) is 0.678. The van der Waals surface area contributed by atoms with E-state index in [0.29, 0.717) is 18.7 Å². The van der Waals surface area contributed by atoms with Gasteiger partial charge in [-0.3, -0.25) is 9.78 Å². The number of amides is 1. The van der Waals surface area contributed by atoms with Crippen LogP contribution in [-0.4, -0.2) is 39.5 Å². The summed E-state index contributed by atoms with van der Waals surface area (Å²) in [5.74, 6) is -1.21. The molecule has 1 amide bonds. The maximum atomic E-state index is 11.9. The van der Waals surface area contributed by atoms with Gasteiger partial charge in [0.15, 0.2) is 0 Å². The molecule has 2 heterocycles. The van der Waals surface area contributed by atoms with Gasteiger partial charge in [0.1, 0.15) is 6.04 Å². The Balaban J connectivity index is 2.04. The third kappa shape index (κ3) is 2.74. The summed E-state index contributed by atoms with van der Waals surface area (Å²) in [6, 6.07) is 4.71. The summed E-state index contributed by atoms with van der Waals surface area (Å²) in [7, 11) is 0. The van der Waals surface area contributed by atoms with Crippen molar-refractivity contribution in [2.75, 3.05) is 6.54 Å². The molecule has 1 aromatic rings. The molecule has 1 aliphatic rings. The van der Waals surface area contributed by atoms with Crippen LogP contribution in [0.5, 0.6) is 0 Å². The number of aliphatic carboxylic acids is 1. The lowest BCUT2D eigenvalue weighted by Gasteiger charge is -2.19. The number of pyridine rings is 1. The minimum atomic E-state index is -0.938. The van der Waals surface area contributed by atoms with Gasteiger partial charge in [0.25, 0.3) is 0 Å². The molecule has 0 unspecified atom stereocenters. The Kier molecular flexibility index (Phi) is 3.72. The summed E-state index contributed by atoms with van der Waals surface area (Å²) in [5, 5.41) is 8.99. The average molecular weight is 246 g/mol. The highest BCUT2D eigenvalue weighted by Gasteiger charge is 2.32. The fourth-order valence-electron chi connectivity index (χ4n) is 2.01. The highest BCUT2D eigenvalue weighted by atomic mass is 16.4. The van der Waals surface area contributed by atoms with Crippen molar-refractivity contribution in [2.45, 2.75) is 18.9 Å². The molecular formula is C13H14N2O3. The van der Waals surface area contributed by atoms with Crippen molar-refractivity contribution in [1.82, 2.24) is 9.88 Å². The monoisotopic (exact) mass is 246 g/mol. The molecule has 5 heteroatoms. The van der Waals surface area contributed by atoms with E-state index >= 15 is 0 Å². The molecule has 0 saturated carbocycles. The largest absolute Gasteiger partial charge is 0.480 e. The summed E-state index contributed by atoms with van der Waals surface area (Å²) < 4.78 is 0. The van der Waals surface area contributed by atoms with Gasteiger partial charge >= 0.3 is 5.97 Å².